The van der Waals surface area contributed by atoms with Crippen LogP contribution >= 0.6 is 0 Å². The van der Waals surface area contributed by atoms with Crippen molar-refractivity contribution in [1.29, 1.82) is 0 Å². The maximum Gasteiger partial charge on any atom is 0.198 e. The first-order valence-electron chi connectivity index (χ1n) is 10.7. The number of nitrogens with zero attached hydrogens (tertiary/aromatic N) is 2. The molecule has 2 aliphatic rings. The van der Waals surface area contributed by atoms with E-state index in [1.165, 1.54) is 22.4 Å². The van der Waals surface area contributed by atoms with Gasteiger partial charge in [0.05, 0.1) is 19.3 Å². The van der Waals surface area contributed by atoms with Crippen LogP contribution in [0, 0.1) is 0 Å². The minimum absolute atomic E-state index is 0.332. The van der Waals surface area contributed by atoms with E-state index in [-0.39, 0.29) is 0 Å². The van der Waals surface area contributed by atoms with Crippen LogP contribution in [0.25, 0.3) is 0 Å². The third-order valence-corrected chi connectivity index (χ3v) is 5.57. The molecule has 0 radical (unpaired) electrons. The van der Waals surface area contributed by atoms with E-state index in [1.54, 1.807) is 0 Å². The third kappa shape index (κ3) is 5.17. The molecule has 0 amide bonds. The Morgan fingerprint density at radius 2 is 1.86 bits per heavy atom. The number of fused-ring (bicyclic) bond motifs is 1. The van der Waals surface area contributed by atoms with E-state index in [9.17, 15) is 0 Å². The van der Waals surface area contributed by atoms with Gasteiger partial charge in [0.2, 0.25) is 0 Å². The SMILES string of the molecule is CCNC(=NCc1ccc(COC2CCOCC2)cc1)N1CCc2ccccc21. The summed E-state index contributed by atoms with van der Waals surface area (Å²) in [5.41, 5.74) is 5.09. The fourth-order valence-corrected chi connectivity index (χ4v) is 3.92. The Labute approximate surface area is 173 Å². The molecule has 0 aliphatic carbocycles. The van der Waals surface area contributed by atoms with Gasteiger partial charge in [0, 0.05) is 32.0 Å². The van der Waals surface area contributed by atoms with Crippen molar-refractivity contribution in [2.24, 2.45) is 4.99 Å². The van der Waals surface area contributed by atoms with Gasteiger partial charge in [-0.25, -0.2) is 4.99 Å². The van der Waals surface area contributed by atoms with Gasteiger partial charge in [-0.2, -0.15) is 0 Å². The summed E-state index contributed by atoms with van der Waals surface area (Å²) in [6.45, 7) is 6.93. The van der Waals surface area contributed by atoms with E-state index < -0.39 is 0 Å². The van der Waals surface area contributed by atoms with Crippen molar-refractivity contribution >= 4 is 11.6 Å². The lowest BCUT2D eigenvalue weighted by Crippen LogP contribution is -2.40. The number of nitrogens with one attached hydrogen (secondary N) is 1. The molecule has 154 valence electrons. The van der Waals surface area contributed by atoms with Crippen molar-refractivity contribution in [2.45, 2.75) is 45.4 Å². The molecule has 2 aromatic carbocycles. The monoisotopic (exact) mass is 393 g/mol. The van der Waals surface area contributed by atoms with Gasteiger partial charge in [0.1, 0.15) is 0 Å². The Hall–Kier alpha value is -2.37. The van der Waals surface area contributed by atoms with Crippen LogP contribution in [0.4, 0.5) is 5.69 Å². The lowest BCUT2D eigenvalue weighted by molar-refractivity contribution is -0.0390. The Balaban J connectivity index is 1.36. The highest BCUT2D eigenvalue weighted by Gasteiger charge is 2.22. The van der Waals surface area contributed by atoms with Crippen molar-refractivity contribution in [1.82, 2.24) is 5.32 Å². The largest absolute Gasteiger partial charge is 0.381 e. The van der Waals surface area contributed by atoms with Crippen LogP contribution in [0.1, 0.15) is 36.5 Å². The number of ether oxygens (including phenoxy) is 2. The molecule has 0 aromatic heterocycles. The summed E-state index contributed by atoms with van der Waals surface area (Å²) < 4.78 is 11.4. The zero-order valence-electron chi connectivity index (χ0n) is 17.3. The molecule has 1 N–H and O–H groups in total. The van der Waals surface area contributed by atoms with Crippen LogP contribution in [0.2, 0.25) is 0 Å². The predicted molar refractivity (Wildman–Crippen MR) is 117 cm³/mol. The number of hydrogen-bond acceptors (Lipinski definition) is 3. The van der Waals surface area contributed by atoms with Gasteiger partial charge in [-0.15, -0.1) is 0 Å². The average Bonchev–Trinajstić information content (AvgIpc) is 3.21. The Morgan fingerprint density at radius 1 is 1.10 bits per heavy atom. The minimum Gasteiger partial charge on any atom is -0.381 e. The fraction of sp³-hybridized carbons (Fsp3) is 0.458. The van der Waals surface area contributed by atoms with Crippen molar-refractivity contribution in [3.63, 3.8) is 0 Å². The second-order valence-corrected chi connectivity index (χ2v) is 7.64. The molecule has 1 saturated heterocycles. The first kappa shape index (κ1) is 19.9. The molecule has 5 nitrogen and oxygen atoms in total. The molecule has 0 saturated carbocycles. The molecular weight excluding hydrogens is 362 g/mol. The van der Waals surface area contributed by atoms with E-state index in [1.807, 2.05) is 0 Å². The topological polar surface area (TPSA) is 46.1 Å². The van der Waals surface area contributed by atoms with Crippen molar-refractivity contribution in [2.75, 3.05) is 31.2 Å². The zero-order chi connectivity index (χ0) is 19.9. The normalized spacial score (nSPS) is 17.4. The van der Waals surface area contributed by atoms with Crippen molar-refractivity contribution in [3.05, 3.63) is 65.2 Å². The standard InChI is InChI=1S/C24H31N3O2/c1-2-25-24(27-14-11-21-5-3-4-6-23(21)27)26-17-19-7-9-20(10-8-19)18-29-22-12-15-28-16-13-22/h3-10,22H,2,11-18H2,1H3,(H,25,26). The molecule has 5 heteroatoms. The van der Waals surface area contributed by atoms with Crippen LogP contribution < -0.4 is 10.2 Å². The number of para-hydroxylation sites is 1. The van der Waals surface area contributed by atoms with Gasteiger partial charge in [-0.05, 0) is 48.9 Å². The summed E-state index contributed by atoms with van der Waals surface area (Å²) >= 11 is 0. The molecule has 2 aliphatic heterocycles. The Bertz CT molecular complexity index is 813. The van der Waals surface area contributed by atoms with Crippen LogP contribution in [0.15, 0.2) is 53.5 Å². The Kier molecular flexibility index (Phi) is 6.80. The lowest BCUT2D eigenvalue weighted by atomic mass is 10.1. The second-order valence-electron chi connectivity index (χ2n) is 7.64. The van der Waals surface area contributed by atoms with Crippen LogP contribution in [-0.2, 0) is 29.0 Å². The van der Waals surface area contributed by atoms with Crippen LogP contribution in [0.5, 0.6) is 0 Å². The molecule has 1 fully saturated rings. The smallest absolute Gasteiger partial charge is 0.198 e. The Morgan fingerprint density at radius 3 is 2.66 bits per heavy atom. The van der Waals surface area contributed by atoms with Crippen LogP contribution in [-0.4, -0.2) is 38.4 Å². The number of rotatable bonds is 6. The molecule has 29 heavy (non-hydrogen) atoms. The minimum atomic E-state index is 0.332. The number of benzene rings is 2. The van der Waals surface area contributed by atoms with Gasteiger partial charge in [0.15, 0.2) is 5.96 Å². The molecule has 2 heterocycles. The molecular formula is C24H31N3O2. The highest BCUT2D eigenvalue weighted by atomic mass is 16.5. The van der Waals surface area contributed by atoms with Gasteiger partial charge in [-0.1, -0.05) is 42.5 Å². The fourth-order valence-electron chi connectivity index (χ4n) is 3.92. The molecule has 0 bridgehead atoms. The number of hydrogen-bond donors (Lipinski definition) is 1. The van der Waals surface area contributed by atoms with E-state index in [2.05, 4.69) is 65.7 Å². The number of aliphatic imine (C=N–C) groups is 1. The first-order valence-corrected chi connectivity index (χ1v) is 10.7. The quantitative estimate of drug-likeness (QED) is 0.597. The van der Waals surface area contributed by atoms with E-state index in [0.29, 0.717) is 19.3 Å². The average molecular weight is 394 g/mol. The number of anilines is 1. The zero-order valence-corrected chi connectivity index (χ0v) is 17.3. The van der Waals surface area contributed by atoms with Gasteiger partial charge in [0.25, 0.3) is 0 Å². The number of guanidine groups is 1. The summed E-state index contributed by atoms with van der Waals surface area (Å²) in [5, 5.41) is 3.45. The molecule has 0 unspecified atom stereocenters. The predicted octanol–water partition coefficient (Wildman–Crippen LogP) is 3.91. The van der Waals surface area contributed by atoms with Gasteiger partial charge < -0.3 is 19.7 Å². The van der Waals surface area contributed by atoms with E-state index in [0.717, 1.165) is 51.5 Å². The maximum atomic E-state index is 6.02. The second kappa shape index (κ2) is 9.90. The van der Waals surface area contributed by atoms with Gasteiger partial charge >= 0.3 is 0 Å². The molecule has 0 spiro atoms. The van der Waals surface area contributed by atoms with Crippen molar-refractivity contribution < 1.29 is 9.47 Å². The summed E-state index contributed by atoms with van der Waals surface area (Å²) in [5.74, 6) is 0.962. The summed E-state index contributed by atoms with van der Waals surface area (Å²) in [7, 11) is 0. The maximum absolute atomic E-state index is 6.02. The van der Waals surface area contributed by atoms with E-state index in [4.69, 9.17) is 14.5 Å². The molecule has 2 aromatic rings. The third-order valence-electron chi connectivity index (χ3n) is 5.57. The molecule has 0 atom stereocenters. The van der Waals surface area contributed by atoms with E-state index >= 15 is 0 Å². The highest BCUT2D eigenvalue weighted by Crippen LogP contribution is 2.27. The van der Waals surface area contributed by atoms with Crippen molar-refractivity contribution in [3.8, 4) is 0 Å². The first-order chi connectivity index (χ1) is 14.3. The summed E-state index contributed by atoms with van der Waals surface area (Å²) in [6, 6.07) is 17.2. The van der Waals surface area contributed by atoms with Gasteiger partial charge in [-0.3, -0.25) is 0 Å². The highest BCUT2D eigenvalue weighted by molar-refractivity contribution is 5.97. The summed E-state index contributed by atoms with van der Waals surface area (Å²) in [4.78, 5) is 7.20. The lowest BCUT2D eigenvalue weighted by Gasteiger charge is -2.22. The van der Waals surface area contributed by atoms with Crippen LogP contribution in [0.3, 0.4) is 0 Å². The summed E-state index contributed by atoms with van der Waals surface area (Å²) in [6.07, 6.45) is 3.40. The molecule has 4 rings (SSSR count).